The lowest BCUT2D eigenvalue weighted by molar-refractivity contribution is -0.138. The van der Waals surface area contributed by atoms with Crippen LogP contribution in [0, 0.1) is 0 Å². The number of ether oxygens (including phenoxy) is 6. The number of aliphatic hydroxyl groups excluding tert-OH is 1. The van der Waals surface area contributed by atoms with Crippen LogP contribution >= 0.6 is 18.5 Å². The van der Waals surface area contributed by atoms with Gasteiger partial charge in [-0.05, 0) is 61.2 Å². The molecule has 5 aromatic rings. The predicted octanol–water partition coefficient (Wildman–Crippen LogP) is 5.58. The summed E-state index contributed by atoms with van der Waals surface area (Å²) in [6, 6.07) is 28.9. The fourth-order valence-electron chi connectivity index (χ4n) is 9.38. The van der Waals surface area contributed by atoms with Crippen LogP contribution in [0.1, 0.15) is 75.5 Å². The first-order chi connectivity index (χ1) is 45.5. The number of amides is 3. The van der Waals surface area contributed by atoms with Crippen LogP contribution in [0.5, 0.6) is 11.5 Å². The van der Waals surface area contributed by atoms with E-state index in [0.29, 0.717) is 134 Å². The zero-order chi connectivity index (χ0) is 68.7. The number of aldehydes is 1. The summed E-state index contributed by atoms with van der Waals surface area (Å²) >= 11 is 5.81. The summed E-state index contributed by atoms with van der Waals surface area (Å²) in [4.78, 5) is 81.0. The number of aromatic hydroxyl groups is 1. The third kappa shape index (κ3) is 27.1. The number of imide groups is 1. The molecule has 1 aromatic heterocycles. The summed E-state index contributed by atoms with van der Waals surface area (Å²) in [6.45, 7) is 6.23. The molecule has 2 aliphatic rings. The average Bonchev–Trinajstić information content (AvgIpc) is 0.999. The topological polar surface area (TPSA) is 373 Å². The zero-order valence-corrected chi connectivity index (χ0v) is 56.6. The summed E-state index contributed by atoms with van der Waals surface area (Å²) in [5.74, 6) is 13.3. The van der Waals surface area contributed by atoms with Gasteiger partial charge in [0.25, 0.3) is 0 Å². The summed E-state index contributed by atoms with van der Waals surface area (Å²) in [5.41, 5.74) is 18.3. The molecule has 3 heterocycles. The molecule has 1 fully saturated rings. The number of anilines is 1. The Bertz CT molecular complexity index is 3270. The van der Waals surface area contributed by atoms with Gasteiger partial charge in [-0.2, -0.15) is 0 Å². The number of carbonyl (C=O) groups is 4. The molecule has 29 heteroatoms. The van der Waals surface area contributed by atoms with E-state index in [-0.39, 0.29) is 89.2 Å². The fraction of sp³-hybridized carbons (Fsp3) is 0.462. The Balaban J connectivity index is 0.000000584. The number of carbonyl (C=O) groups excluding carboxylic acids is 4. The second-order valence-corrected chi connectivity index (χ2v) is 24.5. The van der Waals surface area contributed by atoms with Crippen molar-refractivity contribution < 1.29 is 76.5 Å². The van der Waals surface area contributed by atoms with E-state index in [9.17, 15) is 29.1 Å². The van der Waals surface area contributed by atoms with Gasteiger partial charge in [-0.3, -0.25) is 24.1 Å². The van der Waals surface area contributed by atoms with Gasteiger partial charge in [0.2, 0.25) is 23.5 Å². The second kappa shape index (κ2) is 44.8. The number of hydrogen-bond donors (Lipinski definition) is 9. The molecule has 1 atom stereocenters. The highest BCUT2D eigenvalue weighted by atomic mass is 32.5. The molecule has 0 aliphatic carbocycles. The van der Waals surface area contributed by atoms with Crippen LogP contribution in [0.2, 0.25) is 0 Å². The number of thioether (sulfide) groups is 1. The van der Waals surface area contributed by atoms with Crippen molar-refractivity contribution in [1.29, 1.82) is 0 Å². The second-order valence-electron chi connectivity index (χ2n) is 20.5. The minimum atomic E-state index is -3.54. The smallest absolute Gasteiger partial charge is 0.321 e. The van der Waals surface area contributed by atoms with Gasteiger partial charge >= 0.3 is 6.72 Å². The molecule has 26 nitrogen and oxygen atoms in total. The van der Waals surface area contributed by atoms with E-state index in [2.05, 4.69) is 17.1 Å². The monoisotopic (exact) mass is 1370 g/mol. The van der Waals surface area contributed by atoms with Crippen LogP contribution in [0.25, 0.3) is 33.7 Å². The molecule has 0 radical (unpaired) electrons. The number of benzene rings is 4. The number of fused-ring (bicyclic) bond motifs is 3. The number of phenols is 1. The lowest BCUT2D eigenvalue weighted by Crippen LogP contribution is -2.38. The molecule has 7 rings (SSSR count). The molecule has 518 valence electrons. The number of hydrazine groups is 2. The zero-order valence-electron chi connectivity index (χ0n) is 54.1. The van der Waals surface area contributed by atoms with Gasteiger partial charge in [-0.1, -0.05) is 99.5 Å². The van der Waals surface area contributed by atoms with Gasteiger partial charge in [0.15, 0.2) is 16.8 Å². The molecule has 0 saturated carbocycles. The molecule has 4 aromatic carbocycles. The SMILES string of the molecule is CC.CNCCC(=O)N1Cc2ccccc2/C(N(N)CCOCCOCCOCCOCCOCCN(N)/C=C(\N)COc2c(O)ccc3c(=O)cc(-c4ccccc4)oc23)=C(/N)c2ccccc21.CO.O=CCCN1C(=O)CC(SCCCCCCOP(O)(O)=S)C1=O. The van der Waals surface area contributed by atoms with E-state index < -0.39 is 6.72 Å². The molecule has 0 bridgehead atoms. The minimum absolute atomic E-state index is 0.000681. The van der Waals surface area contributed by atoms with Crippen molar-refractivity contribution in [1.82, 2.24) is 20.2 Å². The van der Waals surface area contributed by atoms with Gasteiger partial charge in [-0.25, -0.2) is 11.7 Å². The number of hydrogen-bond acceptors (Lipinski definition) is 24. The summed E-state index contributed by atoms with van der Waals surface area (Å²) in [6.07, 6.45) is 6.37. The van der Waals surface area contributed by atoms with Crippen molar-refractivity contribution in [3.63, 3.8) is 0 Å². The molecule has 0 spiro atoms. The number of likely N-dealkylation sites (tertiary alicyclic amines) is 1. The first-order valence-electron chi connectivity index (χ1n) is 31.0. The van der Waals surface area contributed by atoms with Gasteiger partial charge in [0.1, 0.15) is 18.7 Å². The quantitative estimate of drug-likeness (QED) is 0.00579. The van der Waals surface area contributed by atoms with Crippen molar-refractivity contribution in [3.05, 3.63) is 136 Å². The molecule has 1 saturated heterocycles. The Labute approximate surface area is 559 Å². The first kappa shape index (κ1) is 79.6. The number of nitrogens with two attached hydrogens (primary N) is 4. The third-order valence-electron chi connectivity index (χ3n) is 13.9. The lowest BCUT2D eigenvalue weighted by Gasteiger charge is -2.33. The Kier molecular flexibility index (Phi) is 37.9. The lowest BCUT2D eigenvalue weighted by atomic mass is 9.95. The van der Waals surface area contributed by atoms with Crippen molar-refractivity contribution in [2.45, 2.75) is 70.6 Å². The van der Waals surface area contributed by atoms with Crippen LogP contribution in [0.4, 0.5) is 5.69 Å². The number of rotatable bonds is 39. The molecule has 94 heavy (non-hydrogen) atoms. The number of unbranched alkanes of at least 4 members (excludes halogenated alkanes) is 3. The van der Waals surface area contributed by atoms with Gasteiger partial charge < -0.3 is 93.9 Å². The van der Waals surface area contributed by atoms with Crippen molar-refractivity contribution in [3.8, 4) is 22.8 Å². The Morgan fingerprint density at radius 1 is 0.798 bits per heavy atom. The Hall–Kier alpha value is -6.83. The highest BCUT2D eigenvalue weighted by Crippen LogP contribution is 2.39. The number of phenolic OH excluding ortho intramolecular Hbond substituents is 1. The number of nitrogens with one attached hydrogen (secondary N) is 1. The number of nitrogens with zero attached hydrogens (tertiary/aromatic N) is 4. The Morgan fingerprint density at radius 3 is 2.03 bits per heavy atom. The van der Waals surface area contributed by atoms with E-state index in [0.717, 1.165) is 54.5 Å². The number of para-hydroxylation sites is 1. The highest BCUT2D eigenvalue weighted by molar-refractivity contribution is 8.06. The standard InChI is InChI=1S/C49H62N8O10.C13H22NO6PS2.C2H6.CH4O/c1-54-18-17-45(60)56-32-36-11-5-6-12-38(36)47(46(51)39-13-7-8-14-41(39)56)57(53)20-22-62-24-26-64-28-30-65-29-27-63-25-23-61-21-19-55(52)33-37(50)34-66-49-42(58)16-15-40-43(59)31-44(67-48(40)49)35-9-3-2-4-10-35;15-7-5-6-14-12(16)10-11(13(14)17)23-9-4-2-1-3-8-20-21(18,19)22;2*1-2/h2-16,31,33,54,58H,17-30,32,34,50-53H2,1H3;7,11H,1-6,8-10H2,(H2,18,19,22);1-2H3;2H,1H3/b37-33-,47-46-;;;. The average molecular weight is 1370 g/mol. The maximum atomic E-state index is 13.3. The summed E-state index contributed by atoms with van der Waals surface area (Å²) in [7, 11) is 2.83. The predicted molar refractivity (Wildman–Crippen MR) is 368 cm³/mol. The van der Waals surface area contributed by atoms with E-state index in [4.69, 9.17) is 75.4 Å². The van der Waals surface area contributed by atoms with Gasteiger partial charge in [-0.15, -0.1) is 11.8 Å². The molecular formula is C65H94N9O17PS2. The van der Waals surface area contributed by atoms with Crippen molar-refractivity contribution >= 4 is 82.3 Å². The van der Waals surface area contributed by atoms with Crippen LogP contribution in [0.15, 0.2) is 118 Å². The number of aliphatic hydroxyl groups is 1. The maximum Gasteiger partial charge on any atom is 0.321 e. The van der Waals surface area contributed by atoms with E-state index in [1.165, 1.54) is 46.1 Å². The van der Waals surface area contributed by atoms with Crippen LogP contribution in [-0.4, -0.2) is 190 Å². The fourth-order valence-corrected chi connectivity index (χ4v) is 11.2. The van der Waals surface area contributed by atoms with Gasteiger partial charge in [0.05, 0.1) is 126 Å². The first-order valence-corrected chi connectivity index (χ1v) is 34.7. The highest BCUT2D eigenvalue weighted by Gasteiger charge is 2.38. The normalized spacial score (nSPS) is 14.5. The van der Waals surface area contributed by atoms with Crippen LogP contribution in [-0.2, 0) is 65.7 Å². The van der Waals surface area contributed by atoms with Crippen LogP contribution in [0.3, 0.4) is 0 Å². The van der Waals surface area contributed by atoms with Crippen LogP contribution < -0.4 is 43.5 Å². The Morgan fingerprint density at radius 2 is 1.39 bits per heavy atom. The maximum absolute atomic E-state index is 13.3. The van der Waals surface area contributed by atoms with E-state index >= 15 is 0 Å². The molecule has 3 amide bonds. The molecule has 13 N–H and O–H groups in total. The molecular weight excluding hydrogens is 1270 g/mol. The summed E-state index contributed by atoms with van der Waals surface area (Å²) < 4.78 is 44.8. The molecule has 1 unspecified atom stereocenters. The van der Waals surface area contributed by atoms with Gasteiger partial charge in [0, 0.05) is 68.4 Å². The third-order valence-corrected chi connectivity index (χ3v) is 16.0. The van der Waals surface area contributed by atoms with E-state index in [1.807, 2.05) is 99.8 Å². The largest absolute Gasteiger partial charge is 0.504 e. The van der Waals surface area contributed by atoms with E-state index in [1.54, 1.807) is 9.91 Å². The minimum Gasteiger partial charge on any atom is -0.504 e. The summed E-state index contributed by atoms with van der Waals surface area (Å²) in [5, 5.41) is 23.5. The van der Waals surface area contributed by atoms with Crippen molar-refractivity contribution in [2.24, 2.45) is 23.2 Å². The van der Waals surface area contributed by atoms with Crippen molar-refractivity contribution in [2.75, 3.05) is 130 Å². The molecule has 2 aliphatic heterocycles.